The van der Waals surface area contributed by atoms with Gasteiger partial charge in [0.05, 0.1) is 35.2 Å². The second-order valence-electron chi connectivity index (χ2n) is 7.53. The van der Waals surface area contributed by atoms with E-state index in [2.05, 4.69) is 21.0 Å². The van der Waals surface area contributed by atoms with Crippen LogP contribution < -0.4 is 5.73 Å². The third-order valence-corrected chi connectivity index (χ3v) is 5.83. The summed E-state index contributed by atoms with van der Waals surface area (Å²) in [4.78, 5) is 9.21. The molecule has 0 saturated heterocycles. The molecule has 0 atom stereocenters. The van der Waals surface area contributed by atoms with Crippen LogP contribution in [0.15, 0.2) is 42.9 Å². The molecule has 0 radical (unpaired) electrons. The van der Waals surface area contributed by atoms with Crippen LogP contribution >= 0.6 is 0 Å². The summed E-state index contributed by atoms with van der Waals surface area (Å²) >= 11 is 0. The lowest BCUT2D eigenvalue weighted by Gasteiger charge is -2.57. The van der Waals surface area contributed by atoms with Gasteiger partial charge in [-0.15, -0.1) is 0 Å². The molecule has 0 amide bonds. The molecule has 24 heavy (non-hydrogen) atoms. The Kier molecular flexibility index (Phi) is 3.00. The van der Waals surface area contributed by atoms with Crippen LogP contribution in [0.3, 0.4) is 0 Å². The Morgan fingerprint density at radius 1 is 1.08 bits per heavy atom. The summed E-state index contributed by atoms with van der Waals surface area (Å²) in [6.45, 7) is 0.846. The molecule has 2 fully saturated rings. The molecule has 0 unspecified atom stereocenters. The van der Waals surface area contributed by atoms with Crippen molar-refractivity contribution in [1.82, 2.24) is 19.7 Å². The molecule has 0 bridgehead atoms. The first kappa shape index (κ1) is 14.1. The maximum absolute atomic E-state index is 5.76. The van der Waals surface area contributed by atoms with Crippen molar-refractivity contribution in [3.05, 3.63) is 42.9 Å². The van der Waals surface area contributed by atoms with Crippen LogP contribution in [-0.4, -0.2) is 26.3 Å². The Morgan fingerprint density at radius 3 is 2.67 bits per heavy atom. The topological polar surface area (TPSA) is 69.6 Å². The summed E-state index contributed by atoms with van der Waals surface area (Å²) in [6.07, 6.45) is 11.0. The lowest BCUT2D eigenvalue weighted by Crippen LogP contribution is -2.50. The van der Waals surface area contributed by atoms with Crippen molar-refractivity contribution in [2.75, 3.05) is 6.54 Å². The fourth-order valence-electron chi connectivity index (χ4n) is 4.56. The zero-order chi connectivity index (χ0) is 16.1. The maximum atomic E-state index is 5.76. The number of aromatic nitrogens is 4. The summed E-state index contributed by atoms with van der Waals surface area (Å²) < 4.78 is 2.12. The number of para-hydroxylation sites is 2. The van der Waals surface area contributed by atoms with E-state index < -0.39 is 0 Å². The highest BCUT2D eigenvalue weighted by Crippen LogP contribution is 2.62. The third-order valence-electron chi connectivity index (χ3n) is 5.83. The number of benzene rings is 1. The van der Waals surface area contributed by atoms with E-state index in [0.29, 0.717) is 11.5 Å². The van der Waals surface area contributed by atoms with Crippen molar-refractivity contribution in [2.45, 2.75) is 31.7 Å². The highest BCUT2D eigenvalue weighted by molar-refractivity contribution is 5.76. The van der Waals surface area contributed by atoms with Crippen LogP contribution in [0, 0.1) is 11.3 Å². The van der Waals surface area contributed by atoms with Crippen molar-refractivity contribution >= 4 is 11.0 Å². The normalized spacial score (nSPS) is 28.7. The monoisotopic (exact) mass is 319 g/mol. The van der Waals surface area contributed by atoms with Crippen LogP contribution in [0.2, 0.25) is 0 Å². The van der Waals surface area contributed by atoms with Gasteiger partial charge in [-0.05, 0) is 55.7 Å². The lowest BCUT2D eigenvalue weighted by molar-refractivity contribution is -0.0617. The van der Waals surface area contributed by atoms with Gasteiger partial charge in [-0.3, -0.25) is 9.67 Å². The number of nitrogens with zero attached hydrogens (tertiary/aromatic N) is 4. The minimum absolute atomic E-state index is 0.533. The smallest absolute Gasteiger partial charge is 0.0924 e. The van der Waals surface area contributed by atoms with E-state index in [9.17, 15) is 0 Å². The zero-order valence-electron chi connectivity index (χ0n) is 13.6. The number of fused-ring (bicyclic) bond motifs is 1. The Balaban J connectivity index is 1.34. The molecule has 1 spiro atoms. The first-order valence-electron chi connectivity index (χ1n) is 8.71. The summed E-state index contributed by atoms with van der Waals surface area (Å²) in [7, 11) is 0. The quantitative estimate of drug-likeness (QED) is 0.805. The standard InChI is InChI=1S/C19H21N5/c20-9-13-5-19(6-13)7-15(8-19)24-12-14(10-22-24)18-11-21-16-3-1-2-4-17(16)23-18/h1-4,10-13,15H,5-9,20H2. The third kappa shape index (κ3) is 2.15. The molecule has 1 aromatic carbocycles. The van der Waals surface area contributed by atoms with Gasteiger partial charge in [-0.1, -0.05) is 12.1 Å². The van der Waals surface area contributed by atoms with E-state index in [-0.39, 0.29) is 0 Å². The van der Waals surface area contributed by atoms with Gasteiger partial charge in [0.2, 0.25) is 0 Å². The first-order valence-corrected chi connectivity index (χ1v) is 8.71. The summed E-state index contributed by atoms with van der Waals surface area (Å²) in [5.41, 5.74) is 10.1. The summed E-state index contributed by atoms with van der Waals surface area (Å²) in [5, 5.41) is 4.58. The van der Waals surface area contributed by atoms with E-state index in [4.69, 9.17) is 10.7 Å². The van der Waals surface area contributed by atoms with Gasteiger partial charge < -0.3 is 5.73 Å². The van der Waals surface area contributed by atoms with Gasteiger partial charge in [0.15, 0.2) is 0 Å². The van der Waals surface area contributed by atoms with Crippen molar-refractivity contribution in [1.29, 1.82) is 0 Å². The average molecular weight is 319 g/mol. The van der Waals surface area contributed by atoms with Crippen LogP contribution in [0.25, 0.3) is 22.3 Å². The van der Waals surface area contributed by atoms with Gasteiger partial charge in [-0.25, -0.2) is 4.98 Å². The summed E-state index contributed by atoms with van der Waals surface area (Å²) in [5.74, 6) is 0.756. The first-order chi connectivity index (χ1) is 11.7. The highest BCUT2D eigenvalue weighted by atomic mass is 15.3. The van der Waals surface area contributed by atoms with E-state index in [0.717, 1.165) is 34.8 Å². The van der Waals surface area contributed by atoms with Gasteiger partial charge in [0.1, 0.15) is 0 Å². The Bertz CT molecular complexity index is 885. The van der Waals surface area contributed by atoms with Crippen LogP contribution in [-0.2, 0) is 0 Å². The lowest BCUT2D eigenvalue weighted by atomic mass is 9.50. The van der Waals surface area contributed by atoms with Crippen molar-refractivity contribution in [3.8, 4) is 11.3 Å². The molecule has 2 aliphatic carbocycles. The highest BCUT2D eigenvalue weighted by Gasteiger charge is 2.52. The van der Waals surface area contributed by atoms with Gasteiger partial charge in [0.25, 0.3) is 0 Å². The molecule has 2 aromatic heterocycles. The maximum Gasteiger partial charge on any atom is 0.0924 e. The Labute approximate surface area is 140 Å². The predicted octanol–water partition coefficient (Wildman–Crippen LogP) is 3.18. The van der Waals surface area contributed by atoms with Crippen molar-refractivity contribution < 1.29 is 0 Å². The Morgan fingerprint density at radius 2 is 1.88 bits per heavy atom. The van der Waals surface area contributed by atoms with Gasteiger partial charge in [0, 0.05) is 11.8 Å². The molecule has 2 aliphatic rings. The minimum Gasteiger partial charge on any atom is -0.330 e. The molecule has 2 heterocycles. The molecule has 0 aliphatic heterocycles. The number of hydrogen-bond acceptors (Lipinski definition) is 4. The van der Waals surface area contributed by atoms with E-state index >= 15 is 0 Å². The molecule has 5 rings (SSSR count). The Hall–Kier alpha value is -2.27. The number of nitrogens with two attached hydrogens (primary N) is 1. The SMILES string of the molecule is NCC1CC2(C1)CC(n1cc(-c3cnc4ccccc4n3)cn1)C2. The summed E-state index contributed by atoms with van der Waals surface area (Å²) in [6, 6.07) is 8.49. The number of hydrogen-bond donors (Lipinski definition) is 1. The van der Waals surface area contributed by atoms with Crippen LogP contribution in [0.5, 0.6) is 0 Å². The zero-order valence-corrected chi connectivity index (χ0v) is 13.6. The second-order valence-corrected chi connectivity index (χ2v) is 7.53. The van der Waals surface area contributed by atoms with E-state index in [1.807, 2.05) is 36.7 Å². The predicted molar refractivity (Wildman–Crippen MR) is 93.2 cm³/mol. The fourth-order valence-corrected chi connectivity index (χ4v) is 4.56. The fraction of sp³-hybridized carbons (Fsp3) is 0.421. The van der Waals surface area contributed by atoms with Crippen molar-refractivity contribution in [3.63, 3.8) is 0 Å². The molecule has 122 valence electrons. The molecule has 5 heteroatoms. The molecule has 2 N–H and O–H groups in total. The molecule has 5 nitrogen and oxygen atoms in total. The second kappa shape index (κ2) is 5.11. The number of rotatable bonds is 3. The van der Waals surface area contributed by atoms with Gasteiger partial charge >= 0.3 is 0 Å². The van der Waals surface area contributed by atoms with E-state index in [1.165, 1.54) is 25.7 Å². The molecule has 3 aromatic rings. The molecule has 2 saturated carbocycles. The van der Waals surface area contributed by atoms with Crippen molar-refractivity contribution in [2.24, 2.45) is 17.1 Å². The minimum atomic E-state index is 0.533. The van der Waals surface area contributed by atoms with Crippen LogP contribution in [0.4, 0.5) is 0 Å². The largest absolute Gasteiger partial charge is 0.330 e. The van der Waals surface area contributed by atoms with Gasteiger partial charge in [-0.2, -0.15) is 5.10 Å². The average Bonchev–Trinajstić information content (AvgIpc) is 3.02. The van der Waals surface area contributed by atoms with E-state index in [1.54, 1.807) is 0 Å². The molecular weight excluding hydrogens is 298 g/mol. The molecular formula is C19H21N5. The van der Waals surface area contributed by atoms with Crippen LogP contribution in [0.1, 0.15) is 31.7 Å².